The van der Waals surface area contributed by atoms with Crippen LogP contribution in [0.5, 0.6) is 0 Å². The van der Waals surface area contributed by atoms with Crippen molar-refractivity contribution in [2.45, 2.75) is 50.4 Å². The van der Waals surface area contributed by atoms with Crippen molar-refractivity contribution >= 4 is 17.8 Å². The maximum atomic E-state index is 12.1. The lowest BCUT2D eigenvalue weighted by Crippen LogP contribution is -2.65. The molecule has 6 heteroatoms. The topological polar surface area (TPSA) is 72.9 Å². The summed E-state index contributed by atoms with van der Waals surface area (Å²) in [7, 11) is 0. The third kappa shape index (κ3) is 1.99. The van der Waals surface area contributed by atoms with Gasteiger partial charge >= 0.3 is 11.9 Å². The number of esters is 2. The maximum Gasteiger partial charge on any atom is 0.331 e. The summed E-state index contributed by atoms with van der Waals surface area (Å²) < 4.78 is 10.9. The molecule has 108 valence electrons. The Morgan fingerprint density at radius 3 is 2.95 bits per heavy atom. The summed E-state index contributed by atoms with van der Waals surface area (Å²) >= 11 is 0. The first kappa shape index (κ1) is 13.1. The van der Waals surface area contributed by atoms with Crippen LogP contribution in [0.3, 0.4) is 0 Å². The lowest BCUT2D eigenvalue weighted by molar-refractivity contribution is -0.184. The zero-order valence-electron chi connectivity index (χ0n) is 11.3. The minimum Gasteiger partial charge on any atom is -0.460 e. The van der Waals surface area contributed by atoms with Gasteiger partial charge in [-0.05, 0) is 25.3 Å². The number of hydrogen-bond donors (Lipinski definition) is 0. The number of rotatable bonds is 1. The van der Waals surface area contributed by atoms with Gasteiger partial charge in [0, 0.05) is 26.0 Å². The average Bonchev–Trinajstić information content (AvgIpc) is 2.75. The number of fused-ring (bicyclic) bond motifs is 2. The van der Waals surface area contributed by atoms with Crippen LogP contribution < -0.4 is 0 Å². The Kier molecular flexibility index (Phi) is 3.03. The number of piperidine rings is 2. The van der Waals surface area contributed by atoms with Gasteiger partial charge in [0.1, 0.15) is 12.1 Å². The summed E-state index contributed by atoms with van der Waals surface area (Å²) in [6, 6.07) is -0.399. The molecular weight excluding hydrogens is 262 g/mol. The van der Waals surface area contributed by atoms with Crippen molar-refractivity contribution in [2.24, 2.45) is 0 Å². The fourth-order valence-corrected chi connectivity index (χ4v) is 3.53. The molecule has 3 aliphatic heterocycles. The molecule has 6 nitrogen and oxygen atoms in total. The van der Waals surface area contributed by atoms with E-state index in [9.17, 15) is 14.4 Å². The second-order valence-corrected chi connectivity index (χ2v) is 5.53. The molecular formula is C14H17NO5. The Hall–Kier alpha value is -1.85. The molecule has 0 aromatic rings. The van der Waals surface area contributed by atoms with Crippen molar-refractivity contribution in [3.05, 3.63) is 12.2 Å². The molecule has 0 aromatic heterocycles. The largest absolute Gasteiger partial charge is 0.460 e. The Labute approximate surface area is 116 Å². The zero-order valence-corrected chi connectivity index (χ0v) is 11.3. The second-order valence-electron chi connectivity index (χ2n) is 5.53. The van der Waals surface area contributed by atoms with Crippen LogP contribution in [0, 0.1) is 0 Å². The number of carbonyl (C=O) groups is 3. The van der Waals surface area contributed by atoms with Gasteiger partial charge in [-0.3, -0.25) is 9.59 Å². The molecule has 0 aromatic carbocycles. The molecule has 3 rings (SSSR count). The first-order valence-corrected chi connectivity index (χ1v) is 6.91. The lowest BCUT2D eigenvalue weighted by Gasteiger charge is -2.51. The molecule has 2 saturated heterocycles. The Bertz CT molecular complexity index is 500. The molecule has 1 amide bonds. The summed E-state index contributed by atoms with van der Waals surface area (Å²) in [5.74, 6) is -0.737. The molecule has 1 spiro atoms. The van der Waals surface area contributed by atoms with Crippen molar-refractivity contribution < 1.29 is 23.9 Å². The van der Waals surface area contributed by atoms with Crippen LogP contribution in [0.2, 0.25) is 0 Å². The van der Waals surface area contributed by atoms with E-state index in [1.165, 1.54) is 13.0 Å². The highest BCUT2D eigenvalue weighted by Crippen LogP contribution is 2.41. The summed E-state index contributed by atoms with van der Waals surface area (Å²) in [5.41, 5.74) is -0.828. The van der Waals surface area contributed by atoms with E-state index < -0.39 is 23.7 Å². The minimum atomic E-state index is -0.828. The molecule has 0 unspecified atom stereocenters. The number of nitrogens with zero attached hydrogens (tertiary/aromatic N) is 1. The van der Waals surface area contributed by atoms with Gasteiger partial charge in [-0.25, -0.2) is 4.79 Å². The van der Waals surface area contributed by atoms with E-state index in [0.29, 0.717) is 25.8 Å². The number of carbonyl (C=O) groups excluding carboxylic acids is 3. The van der Waals surface area contributed by atoms with E-state index in [0.717, 1.165) is 6.42 Å². The van der Waals surface area contributed by atoms with Crippen molar-refractivity contribution in [3.63, 3.8) is 0 Å². The number of amides is 1. The molecule has 3 atom stereocenters. The second kappa shape index (κ2) is 4.61. The van der Waals surface area contributed by atoms with Crippen LogP contribution in [0.4, 0.5) is 0 Å². The van der Waals surface area contributed by atoms with Crippen molar-refractivity contribution in [2.75, 3.05) is 6.54 Å². The maximum absolute atomic E-state index is 12.1. The molecule has 0 aliphatic carbocycles. The molecule has 3 heterocycles. The van der Waals surface area contributed by atoms with Gasteiger partial charge in [-0.1, -0.05) is 0 Å². The van der Waals surface area contributed by atoms with E-state index in [-0.39, 0.29) is 11.9 Å². The SMILES string of the molecule is CC(=O)O[C@H]1CCC(=O)N2CCC[C@@]3(C=CC(=O)O3)[C@H]12. The Morgan fingerprint density at radius 2 is 2.30 bits per heavy atom. The van der Waals surface area contributed by atoms with Gasteiger partial charge < -0.3 is 14.4 Å². The van der Waals surface area contributed by atoms with Gasteiger partial charge in [-0.2, -0.15) is 0 Å². The minimum absolute atomic E-state index is 0.0360. The first-order valence-electron chi connectivity index (χ1n) is 6.91. The number of ether oxygens (including phenoxy) is 2. The van der Waals surface area contributed by atoms with Gasteiger partial charge in [0.15, 0.2) is 5.60 Å². The molecule has 20 heavy (non-hydrogen) atoms. The van der Waals surface area contributed by atoms with Gasteiger partial charge in [-0.15, -0.1) is 0 Å². The number of hydrogen-bond acceptors (Lipinski definition) is 5. The lowest BCUT2D eigenvalue weighted by atomic mass is 9.78. The van der Waals surface area contributed by atoms with Crippen molar-refractivity contribution in [3.8, 4) is 0 Å². The van der Waals surface area contributed by atoms with E-state index in [1.54, 1.807) is 11.0 Å². The van der Waals surface area contributed by atoms with Crippen molar-refractivity contribution in [1.29, 1.82) is 0 Å². The highest BCUT2D eigenvalue weighted by atomic mass is 16.6. The molecule has 2 fully saturated rings. The van der Waals surface area contributed by atoms with Crippen LogP contribution in [0.15, 0.2) is 12.2 Å². The molecule has 0 saturated carbocycles. The Balaban J connectivity index is 1.95. The molecule has 0 N–H and O–H groups in total. The first-order chi connectivity index (χ1) is 9.52. The zero-order chi connectivity index (χ0) is 14.3. The van der Waals surface area contributed by atoms with Crippen LogP contribution >= 0.6 is 0 Å². The van der Waals surface area contributed by atoms with Crippen LogP contribution in [-0.2, 0) is 23.9 Å². The van der Waals surface area contributed by atoms with E-state index in [4.69, 9.17) is 9.47 Å². The van der Waals surface area contributed by atoms with Gasteiger partial charge in [0.05, 0.1) is 0 Å². The molecule has 0 bridgehead atoms. The fraction of sp³-hybridized carbons (Fsp3) is 0.643. The summed E-state index contributed by atoms with van der Waals surface area (Å²) in [6.45, 7) is 1.97. The summed E-state index contributed by atoms with van der Waals surface area (Å²) in [6.07, 6.45) is 4.97. The monoisotopic (exact) mass is 279 g/mol. The van der Waals surface area contributed by atoms with E-state index in [1.807, 2.05) is 0 Å². The molecule has 3 aliphatic rings. The third-order valence-corrected chi connectivity index (χ3v) is 4.23. The van der Waals surface area contributed by atoms with Gasteiger partial charge in [0.25, 0.3) is 0 Å². The van der Waals surface area contributed by atoms with Crippen molar-refractivity contribution in [1.82, 2.24) is 4.90 Å². The Morgan fingerprint density at radius 1 is 1.50 bits per heavy atom. The van der Waals surface area contributed by atoms with Crippen LogP contribution in [-0.4, -0.2) is 47.0 Å². The quantitative estimate of drug-likeness (QED) is 0.656. The molecule has 0 radical (unpaired) electrons. The fourth-order valence-electron chi connectivity index (χ4n) is 3.53. The highest BCUT2D eigenvalue weighted by molar-refractivity contribution is 5.86. The summed E-state index contributed by atoms with van der Waals surface area (Å²) in [4.78, 5) is 36.6. The van der Waals surface area contributed by atoms with E-state index in [2.05, 4.69) is 0 Å². The summed E-state index contributed by atoms with van der Waals surface area (Å²) in [5, 5.41) is 0. The predicted octanol–water partition coefficient (Wildman–Crippen LogP) is 0.555. The van der Waals surface area contributed by atoms with Gasteiger partial charge in [0.2, 0.25) is 5.91 Å². The smallest absolute Gasteiger partial charge is 0.331 e. The average molecular weight is 279 g/mol. The normalized spacial score (nSPS) is 36.0. The highest BCUT2D eigenvalue weighted by Gasteiger charge is 2.55. The van der Waals surface area contributed by atoms with Crippen LogP contribution in [0.1, 0.15) is 32.6 Å². The van der Waals surface area contributed by atoms with Crippen LogP contribution in [0.25, 0.3) is 0 Å². The predicted molar refractivity (Wildman–Crippen MR) is 67.5 cm³/mol. The standard InChI is InChI=1S/C14H17NO5/c1-9(16)19-10-3-4-11(17)15-8-2-6-14(13(10)15)7-5-12(18)20-14/h5,7,10,13H,2-4,6,8H2,1H3/t10-,13-,14+/m0/s1. The third-order valence-electron chi connectivity index (χ3n) is 4.23. The van der Waals surface area contributed by atoms with E-state index >= 15 is 0 Å².